The van der Waals surface area contributed by atoms with Crippen LogP contribution < -0.4 is 24.5 Å². The normalized spacial score (nSPS) is 12.0. The lowest BCUT2D eigenvalue weighted by Crippen LogP contribution is -2.46. The molecule has 2 amide bonds. The van der Waals surface area contributed by atoms with Crippen LogP contribution in [0.4, 0.5) is 11.4 Å². The molecule has 0 saturated heterocycles. The first-order valence-electron chi connectivity index (χ1n) is 11.9. The van der Waals surface area contributed by atoms with E-state index in [1.807, 2.05) is 6.92 Å². The van der Waals surface area contributed by atoms with E-state index in [0.29, 0.717) is 40.1 Å². The van der Waals surface area contributed by atoms with E-state index in [0.717, 1.165) is 10.6 Å². The molecule has 206 valence electrons. The molecule has 3 aromatic rings. The molecule has 0 fully saturated rings. The van der Waals surface area contributed by atoms with E-state index in [-0.39, 0.29) is 12.5 Å². The monoisotopic (exact) mass is 572 g/mol. The number of nitrogens with zero attached hydrogens (tertiary/aromatic N) is 2. The van der Waals surface area contributed by atoms with Gasteiger partial charge in [-0.25, -0.2) is 13.8 Å². The Kier molecular flexibility index (Phi) is 10.3. The van der Waals surface area contributed by atoms with Gasteiger partial charge in [-0.2, -0.15) is 5.10 Å². The van der Waals surface area contributed by atoms with E-state index in [4.69, 9.17) is 21.1 Å². The Morgan fingerprint density at radius 1 is 1.00 bits per heavy atom. The largest absolute Gasteiger partial charge is 0.494 e. The Morgan fingerprint density at radius 3 is 2.23 bits per heavy atom. The number of amides is 2. The molecule has 0 bridgehead atoms. The summed E-state index contributed by atoms with van der Waals surface area (Å²) < 4.78 is 36.8. The average molecular weight is 573 g/mol. The Hall–Kier alpha value is -4.09. The van der Waals surface area contributed by atoms with Crippen LogP contribution in [-0.4, -0.2) is 52.0 Å². The molecule has 2 N–H and O–H groups in total. The molecule has 39 heavy (non-hydrogen) atoms. The van der Waals surface area contributed by atoms with Crippen LogP contribution in [0.1, 0.15) is 19.4 Å². The molecule has 0 aliphatic heterocycles. The van der Waals surface area contributed by atoms with Gasteiger partial charge in [-0.1, -0.05) is 23.7 Å². The van der Waals surface area contributed by atoms with Crippen LogP contribution in [0.5, 0.6) is 11.5 Å². The molecule has 12 heteroatoms. The zero-order valence-corrected chi connectivity index (χ0v) is 23.2. The van der Waals surface area contributed by atoms with Crippen molar-refractivity contribution in [1.82, 2.24) is 5.43 Å². The highest BCUT2D eigenvalue weighted by atomic mass is 35.5. The van der Waals surface area contributed by atoms with Gasteiger partial charge >= 0.3 is 0 Å². The van der Waals surface area contributed by atoms with Crippen molar-refractivity contribution in [2.45, 2.75) is 19.9 Å². The first kappa shape index (κ1) is 29.5. The number of anilines is 2. The lowest BCUT2D eigenvalue weighted by Gasteiger charge is -2.27. The molecule has 0 aliphatic carbocycles. The summed E-state index contributed by atoms with van der Waals surface area (Å²) in [7, 11) is -3.77. The maximum Gasteiger partial charge on any atom is 0.263 e. The average Bonchev–Trinajstić information content (AvgIpc) is 2.90. The van der Waals surface area contributed by atoms with E-state index in [9.17, 15) is 18.0 Å². The maximum atomic E-state index is 12.7. The van der Waals surface area contributed by atoms with Crippen LogP contribution in [0.15, 0.2) is 77.9 Å². The third-order valence-electron chi connectivity index (χ3n) is 5.28. The third kappa shape index (κ3) is 8.72. The van der Waals surface area contributed by atoms with E-state index in [1.165, 1.54) is 13.1 Å². The molecule has 0 unspecified atom stereocenters. The van der Waals surface area contributed by atoms with Gasteiger partial charge in [0.25, 0.3) is 11.8 Å². The maximum absolute atomic E-state index is 12.7. The van der Waals surface area contributed by atoms with E-state index >= 15 is 0 Å². The Labute approximate surface area is 232 Å². The van der Waals surface area contributed by atoms with Gasteiger partial charge in [0.05, 0.1) is 35.5 Å². The fourth-order valence-corrected chi connectivity index (χ4v) is 4.83. The lowest BCUT2D eigenvalue weighted by molar-refractivity contribution is -0.121. The number of benzene rings is 3. The van der Waals surface area contributed by atoms with Gasteiger partial charge in [-0.05, 0) is 80.1 Å². The number of para-hydroxylation sites is 1. The van der Waals surface area contributed by atoms with E-state index in [2.05, 4.69) is 15.8 Å². The summed E-state index contributed by atoms with van der Waals surface area (Å²) in [6, 6.07) is 18.9. The van der Waals surface area contributed by atoms with Crippen molar-refractivity contribution in [2.24, 2.45) is 5.10 Å². The molecule has 0 aromatic heterocycles. The van der Waals surface area contributed by atoms with E-state index in [1.54, 1.807) is 72.8 Å². The van der Waals surface area contributed by atoms with Crippen LogP contribution in [0, 0.1) is 0 Å². The second-order valence-electron chi connectivity index (χ2n) is 8.28. The first-order chi connectivity index (χ1) is 18.6. The Bertz CT molecular complexity index is 1410. The fraction of sp³-hybridized carbons (Fsp3) is 0.222. The quantitative estimate of drug-likeness (QED) is 0.249. The number of sulfonamides is 1. The summed E-state index contributed by atoms with van der Waals surface area (Å²) in [6.07, 6.45) is 2.43. The van der Waals surface area contributed by atoms with Crippen molar-refractivity contribution in [1.29, 1.82) is 0 Å². The predicted octanol–water partition coefficient (Wildman–Crippen LogP) is 4.06. The van der Waals surface area contributed by atoms with E-state index < -0.39 is 22.0 Å². The number of hydrogen-bond acceptors (Lipinski definition) is 7. The van der Waals surface area contributed by atoms with Gasteiger partial charge in [0.1, 0.15) is 17.5 Å². The van der Waals surface area contributed by atoms with Crippen LogP contribution in [0.3, 0.4) is 0 Å². The molecule has 0 spiro atoms. The zero-order valence-electron chi connectivity index (χ0n) is 21.6. The number of nitrogens with one attached hydrogen (secondary N) is 2. The van der Waals surface area contributed by atoms with Gasteiger partial charge < -0.3 is 14.8 Å². The van der Waals surface area contributed by atoms with Gasteiger partial charge in [0.15, 0.2) is 6.61 Å². The van der Waals surface area contributed by atoms with Crippen LogP contribution >= 0.6 is 11.6 Å². The summed E-state index contributed by atoms with van der Waals surface area (Å²) in [5.74, 6) is 0.0699. The zero-order chi connectivity index (χ0) is 28.4. The minimum absolute atomic E-state index is 0.211. The van der Waals surface area contributed by atoms with Crippen molar-refractivity contribution in [2.75, 3.05) is 29.1 Å². The first-order valence-corrected chi connectivity index (χ1v) is 14.1. The van der Waals surface area contributed by atoms with Crippen LogP contribution in [0.25, 0.3) is 0 Å². The van der Waals surface area contributed by atoms with Crippen molar-refractivity contribution in [3.05, 3.63) is 83.4 Å². The molecule has 10 nitrogen and oxygen atoms in total. The molecule has 1 atom stereocenters. The number of carbonyl (C=O) groups excluding carboxylic acids is 2. The van der Waals surface area contributed by atoms with Crippen molar-refractivity contribution in [3.8, 4) is 11.5 Å². The minimum Gasteiger partial charge on any atom is -0.494 e. The SMILES string of the molecule is CCOc1ccc(N([C@@H](C)C(=O)N/N=C\c2ccc(OCC(=O)Nc3ccccc3Cl)cc2)S(C)(=O)=O)cc1. The van der Waals surface area contributed by atoms with Crippen molar-refractivity contribution < 1.29 is 27.5 Å². The molecule has 0 heterocycles. The summed E-state index contributed by atoms with van der Waals surface area (Å²) >= 11 is 6.03. The van der Waals surface area contributed by atoms with Gasteiger partial charge in [-0.15, -0.1) is 0 Å². The number of hydrazone groups is 1. The summed E-state index contributed by atoms with van der Waals surface area (Å²) in [4.78, 5) is 24.8. The smallest absolute Gasteiger partial charge is 0.263 e. The molecular weight excluding hydrogens is 544 g/mol. The number of carbonyl (C=O) groups is 2. The van der Waals surface area contributed by atoms with Crippen LogP contribution in [-0.2, 0) is 19.6 Å². The highest BCUT2D eigenvalue weighted by molar-refractivity contribution is 7.92. The third-order valence-corrected chi connectivity index (χ3v) is 6.85. The Balaban J connectivity index is 1.54. The topological polar surface area (TPSA) is 126 Å². The summed E-state index contributed by atoms with van der Waals surface area (Å²) in [5, 5.41) is 7.03. The molecular formula is C27H29ClN4O6S. The second-order valence-corrected chi connectivity index (χ2v) is 10.5. The number of halogens is 1. The summed E-state index contributed by atoms with van der Waals surface area (Å²) in [6.45, 7) is 3.58. The van der Waals surface area contributed by atoms with Gasteiger partial charge in [-0.3, -0.25) is 13.9 Å². The van der Waals surface area contributed by atoms with Crippen molar-refractivity contribution >= 4 is 51.0 Å². The molecule has 0 radical (unpaired) electrons. The number of ether oxygens (including phenoxy) is 2. The number of rotatable bonds is 12. The molecule has 0 saturated carbocycles. The van der Waals surface area contributed by atoms with Gasteiger partial charge in [0, 0.05) is 0 Å². The Morgan fingerprint density at radius 2 is 1.62 bits per heavy atom. The number of hydrogen-bond donors (Lipinski definition) is 2. The second kappa shape index (κ2) is 13.6. The molecule has 3 rings (SSSR count). The highest BCUT2D eigenvalue weighted by Crippen LogP contribution is 2.24. The lowest BCUT2D eigenvalue weighted by atomic mass is 10.2. The molecule has 0 aliphatic rings. The van der Waals surface area contributed by atoms with Crippen molar-refractivity contribution in [3.63, 3.8) is 0 Å². The fourth-order valence-electron chi connectivity index (χ4n) is 3.48. The highest BCUT2D eigenvalue weighted by Gasteiger charge is 2.29. The van der Waals surface area contributed by atoms with Gasteiger partial charge in [0.2, 0.25) is 10.0 Å². The summed E-state index contributed by atoms with van der Waals surface area (Å²) in [5.41, 5.74) is 3.83. The standard InChI is InChI=1S/C27H29ClN4O6S/c1-4-37-22-15-11-21(12-16-22)32(39(3,35)36)19(2)27(34)31-29-17-20-9-13-23(14-10-20)38-18-26(33)30-25-8-6-5-7-24(25)28/h5-17,19H,4,18H2,1-3H3,(H,30,33)(H,31,34)/b29-17-/t19-/m0/s1. The predicted molar refractivity (Wildman–Crippen MR) is 152 cm³/mol. The minimum atomic E-state index is -3.77. The van der Waals surface area contributed by atoms with Crippen LogP contribution in [0.2, 0.25) is 5.02 Å². The molecule has 3 aromatic carbocycles.